The summed E-state index contributed by atoms with van der Waals surface area (Å²) in [5.41, 5.74) is 1.33. The molecule has 0 aliphatic carbocycles. The number of rotatable bonds is 13. The highest BCUT2D eigenvalue weighted by atomic mass is 79.9. The molecule has 2 aromatic rings. The number of unbranched alkanes of at least 4 members (excludes halogenated alkanes) is 1. The van der Waals surface area contributed by atoms with E-state index in [4.69, 9.17) is 11.6 Å². The maximum atomic E-state index is 13.3. The minimum Gasteiger partial charge on any atom is -0.354 e. The zero-order chi connectivity index (χ0) is 26.0. The van der Waals surface area contributed by atoms with E-state index in [1.54, 1.807) is 36.1 Å². The molecule has 0 aliphatic rings. The lowest BCUT2D eigenvalue weighted by molar-refractivity contribution is -0.140. The molecule has 7 nitrogen and oxygen atoms in total. The molecule has 1 atom stereocenters. The highest BCUT2D eigenvalue weighted by molar-refractivity contribution is 9.10. The maximum Gasteiger partial charge on any atom is 0.242 e. The minimum atomic E-state index is -3.57. The van der Waals surface area contributed by atoms with E-state index < -0.39 is 16.1 Å². The number of hydrogen-bond donors (Lipinski definition) is 1. The van der Waals surface area contributed by atoms with Crippen LogP contribution in [-0.2, 0) is 26.2 Å². The van der Waals surface area contributed by atoms with Crippen LogP contribution in [0.4, 0.5) is 5.69 Å². The van der Waals surface area contributed by atoms with Crippen LogP contribution in [0.2, 0.25) is 5.02 Å². The predicted octanol–water partition coefficient (Wildman–Crippen LogP) is 4.98. The molecule has 0 fully saturated rings. The fraction of sp³-hybridized carbons (Fsp3) is 0.440. The standard InChI is InChI=1S/C25H33BrClN3O4S/c1-4-5-14-28-25(32)19(2)29(18-20-9-6-10-21(26)16-20)24(31)13-8-15-30(35(3,33)34)23-12-7-11-22(27)17-23/h6-7,9-12,16-17,19H,4-5,8,13-15,18H2,1-3H3,(H,28,32). The van der Waals surface area contributed by atoms with Gasteiger partial charge in [-0.05, 0) is 55.7 Å². The first kappa shape index (κ1) is 29.1. The number of carbonyl (C=O) groups excluding carboxylic acids is 2. The smallest absolute Gasteiger partial charge is 0.242 e. The van der Waals surface area contributed by atoms with Gasteiger partial charge in [-0.3, -0.25) is 13.9 Å². The zero-order valence-electron chi connectivity index (χ0n) is 20.3. The Morgan fingerprint density at radius 3 is 2.46 bits per heavy atom. The lowest BCUT2D eigenvalue weighted by atomic mass is 10.1. The molecular weight excluding hydrogens is 554 g/mol. The third-order valence-electron chi connectivity index (χ3n) is 5.49. The van der Waals surface area contributed by atoms with Gasteiger partial charge in [0.15, 0.2) is 0 Å². The molecule has 0 bridgehead atoms. The molecule has 0 heterocycles. The summed E-state index contributed by atoms with van der Waals surface area (Å²) in [5, 5.41) is 3.32. The summed E-state index contributed by atoms with van der Waals surface area (Å²) in [6.07, 6.45) is 3.32. The van der Waals surface area contributed by atoms with Gasteiger partial charge in [0.2, 0.25) is 21.8 Å². The largest absolute Gasteiger partial charge is 0.354 e. The SMILES string of the molecule is CCCCNC(=O)C(C)N(Cc1cccc(Br)c1)C(=O)CCCN(c1cccc(Cl)c1)S(C)(=O)=O. The molecule has 0 aliphatic heterocycles. The molecule has 2 aromatic carbocycles. The van der Waals surface area contributed by atoms with E-state index in [1.807, 2.05) is 31.2 Å². The van der Waals surface area contributed by atoms with Crippen LogP contribution in [-0.4, -0.2) is 50.5 Å². The summed E-state index contributed by atoms with van der Waals surface area (Å²) >= 11 is 9.49. The third-order valence-corrected chi connectivity index (χ3v) is 7.41. The van der Waals surface area contributed by atoms with Gasteiger partial charge < -0.3 is 10.2 Å². The van der Waals surface area contributed by atoms with Crippen LogP contribution < -0.4 is 9.62 Å². The molecule has 2 rings (SSSR count). The van der Waals surface area contributed by atoms with E-state index >= 15 is 0 Å². The van der Waals surface area contributed by atoms with Crippen molar-refractivity contribution in [1.29, 1.82) is 0 Å². The Morgan fingerprint density at radius 1 is 1.11 bits per heavy atom. The first-order valence-corrected chi connectivity index (χ1v) is 14.6. The Labute approximate surface area is 222 Å². The van der Waals surface area contributed by atoms with Crippen molar-refractivity contribution in [2.45, 2.75) is 52.1 Å². The molecule has 0 saturated heterocycles. The zero-order valence-corrected chi connectivity index (χ0v) is 23.5. The van der Waals surface area contributed by atoms with Crippen molar-refractivity contribution < 1.29 is 18.0 Å². The van der Waals surface area contributed by atoms with Crippen molar-refractivity contribution in [3.8, 4) is 0 Å². The van der Waals surface area contributed by atoms with Gasteiger partial charge in [0, 0.05) is 35.6 Å². The second-order valence-corrected chi connectivity index (χ2v) is 11.6. The summed E-state index contributed by atoms with van der Waals surface area (Å²) < 4.78 is 26.9. The topological polar surface area (TPSA) is 86.8 Å². The van der Waals surface area contributed by atoms with Crippen LogP contribution in [0.5, 0.6) is 0 Å². The Kier molecular flexibility index (Phi) is 11.5. The lowest BCUT2D eigenvalue weighted by Crippen LogP contribution is -2.48. The van der Waals surface area contributed by atoms with Crippen LogP contribution >= 0.6 is 27.5 Å². The van der Waals surface area contributed by atoms with Crippen LogP contribution in [0, 0.1) is 0 Å². The van der Waals surface area contributed by atoms with Crippen LogP contribution in [0.3, 0.4) is 0 Å². The number of benzene rings is 2. The molecule has 10 heteroatoms. The molecule has 192 valence electrons. The lowest BCUT2D eigenvalue weighted by Gasteiger charge is -2.29. The fourth-order valence-corrected chi connectivity index (χ4v) is 5.17. The molecular formula is C25H33BrClN3O4S. The van der Waals surface area contributed by atoms with Gasteiger partial charge in [-0.25, -0.2) is 8.42 Å². The van der Waals surface area contributed by atoms with Gasteiger partial charge >= 0.3 is 0 Å². The van der Waals surface area contributed by atoms with Crippen molar-refractivity contribution in [3.63, 3.8) is 0 Å². The van der Waals surface area contributed by atoms with E-state index in [-0.39, 0.29) is 37.7 Å². The first-order chi connectivity index (χ1) is 16.5. The van der Waals surface area contributed by atoms with Crippen LogP contribution in [0.1, 0.15) is 45.1 Å². The van der Waals surface area contributed by atoms with Gasteiger partial charge in [-0.15, -0.1) is 0 Å². The number of sulfonamides is 1. The normalized spacial score (nSPS) is 12.1. The number of hydrogen-bond acceptors (Lipinski definition) is 4. The number of anilines is 1. The van der Waals surface area contributed by atoms with E-state index in [1.165, 1.54) is 4.31 Å². The Morgan fingerprint density at radius 2 is 1.83 bits per heavy atom. The van der Waals surface area contributed by atoms with Crippen molar-refractivity contribution in [1.82, 2.24) is 10.2 Å². The Balaban J connectivity index is 2.14. The number of nitrogens with one attached hydrogen (secondary N) is 1. The Hall–Kier alpha value is -2.10. The number of nitrogens with zero attached hydrogens (tertiary/aromatic N) is 2. The van der Waals surface area contributed by atoms with Crippen molar-refractivity contribution >= 4 is 55.1 Å². The van der Waals surface area contributed by atoms with Gasteiger partial charge in [0.25, 0.3) is 0 Å². The minimum absolute atomic E-state index is 0.0904. The summed E-state index contributed by atoms with van der Waals surface area (Å²) in [5.74, 6) is -0.429. The fourth-order valence-electron chi connectivity index (χ4n) is 3.59. The Bertz CT molecular complexity index is 1110. The summed E-state index contributed by atoms with van der Waals surface area (Å²) in [4.78, 5) is 27.6. The molecule has 2 amide bonds. The molecule has 0 saturated carbocycles. The highest BCUT2D eigenvalue weighted by Crippen LogP contribution is 2.23. The quantitative estimate of drug-likeness (QED) is 0.335. The molecule has 1 N–H and O–H groups in total. The number of amides is 2. The summed E-state index contributed by atoms with van der Waals surface area (Å²) in [6, 6.07) is 13.5. The van der Waals surface area contributed by atoms with Gasteiger partial charge in [0.1, 0.15) is 6.04 Å². The predicted molar refractivity (Wildman–Crippen MR) is 145 cm³/mol. The van der Waals surface area contributed by atoms with E-state index in [9.17, 15) is 18.0 Å². The maximum absolute atomic E-state index is 13.3. The first-order valence-electron chi connectivity index (χ1n) is 11.6. The van der Waals surface area contributed by atoms with Gasteiger partial charge in [0.05, 0.1) is 11.9 Å². The molecule has 1 unspecified atom stereocenters. The molecule has 0 spiro atoms. The molecule has 0 aromatic heterocycles. The van der Waals surface area contributed by atoms with E-state index in [0.29, 0.717) is 17.3 Å². The molecule has 0 radical (unpaired) electrons. The van der Waals surface area contributed by atoms with Crippen LogP contribution in [0.15, 0.2) is 53.0 Å². The van der Waals surface area contributed by atoms with Crippen LogP contribution in [0.25, 0.3) is 0 Å². The van der Waals surface area contributed by atoms with E-state index in [0.717, 1.165) is 29.1 Å². The number of halogens is 2. The second-order valence-electron chi connectivity index (χ2n) is 8.39. The average molecular weight is 587 g/mol. The van der Waals surface area contributed by atoms with Crippen molar-refractivity contribution in [2.24, 2.45) is 0 Å². The highest BCUT2D eigenvalue weighted by Gasteiger charge is 2.26. The monoisotopic (exact) mass is 585 g/mol. The van der Waals surface area contributed by atoms with Gasteiger partial charge in [-0.1, -0.05) is 59.1 Å². The molecule has 35 heavy (non-hydrogen) atoms. The summed E-state index contributed by atoms with van der Waals surface area (Å²) in [6.45, 7) is 4.70. The van der Waals surface area contributed by atoms with Crippen molar-refractivity contribution in [3.05, 3.63) is 63.6 Å². The van der Waals surface area contributed by atoms with Gasteiger partial charge in [-0.2, -0.15) is 0 Å². The average Bonchev–Trinajstić information content (AvgIpc) is 2.79. The van der Waals surface area contributed by atoms with Crippen molar-refractivity contribution in [2.75, 3.05) is 23.7 Å². The number of carbonyl (C=O) groups is 2. The third kappa shape index (κ3) is 9.46. The summed E-state index contributed by atoms with van der Waals surface area (Å²) in [7, 11) is -3.57. The second kappa shape index (κ2) is 13.8. The van der Waals surface area contributed by atoms with E-state index in [2.05, 4.69) is 21.2 Å².